The zero-order valence-corrected chi connectivity index (χ0v) is 10.5. The topological polar surface area (TPSA) is 12.0 Å². The molecule has 1 nitrogen and oxygen atoms in total. The Hall–Kier alpha value is -0.820. The van der Waals surface area contributed by atoms with Crippen molar-refractivity contribution in [2.24, 2.45) is 0 Å². The van der Waals surface area contributed by atoms with Crippen LogP contribution in [0.25, 0.3) is 0 Å². The molecule has 16 heavy (non-hydrogen) atoms. The van der Waals surface area contributed by atoms with E-state index in [1.165, 1.54) is 30.4 Å². The smallest absolute Gasteiger partial charge is 0.00684 e. The van der Waals surface area contributed by atoms with E-state index < -0.39 is 0 Å². The molecule has 1 aliphatic carbocycles. The van der Waals surface area contributed by atoms with Crippen molar-refractivity contribution in [3.63, 3.8) is 0 Å². The third-order valence-electron chi connectivity index (χ3n) is 3.58. The number of aryl methyl sites for hydroxylation is 1. The minimum absolute atomic E-state index is 0.687. The van der Waals surface area contributed by atoms with Crippen LogP contribution in [0.3, 0.4) is 0 Å². The molecule has 0 heterocycles. The van der Waals surface area contributed by atoms with E-state index in [4.69, 9.17) is 0 Å². The average Bonchev–Trinajstić information content (AvgIpc) is 3.15. The summed E-state index contributed by atoms with van der Waals surface area (Å²) in [6.45, 7) is 5.64. The van der Waals surface area contributed by atoms with Crippen molar-refractivity contribution in [3.05, 3.63) is 35.4 Å². The van der Waals surface area contributed by atoms with Crippen molar-refractivity contribution >= 4 is 0 Å². The standard InChI is InChI=1S/C15H23N/c1-3-12-5-7-14(8-6-12)13(4-2)11-16-15-9-10-15/h5-8,13,15-16H,3-4,9-11H2,1-2H3. The fourth-order valence-electron chi connectivity index (χ4n) is 2.12. The van der Waals surface area contributed by atoms with E-state index in [0.29, 0.717) is 5.92 Å². The Kier molecular flexibility index (Phi) is 4.00. The summed E-state index contributed by atoms with van der Waals surface area (Å²) in [5, 5.41) is 3.63. The van der Waals surface area contributed by atoms with Gasteiger partial charge in [0.25, 0.3) is 0 Å². The number of rotatable bonds is 6. The van der Waals surface area contributed by atoms with E-state index in [1.807, 2.05) is 0 Å². The van der Waals surface area contributed by atoms with Crippen LogP contribution in [0.5, 0.6) is 0 Å². The third kappa shape index (κ3) is 3.08. The van der Waals surface area contributed by atoms with Crippen molar-refractivity contribution < 1.29 is 0 Å². The number of nitrogens with one attached hydrogen (secondary N) is 1. The highest BCUT2D eigenvalue weighted by atomic mass is 14.9. The molecule has 0 spiro atoms. The molecule has 1 aromatic rings. The molecular weight excluding hydrogens is 194 g/mol. The van der Waals surface area contributed by atoms with Crippen molar-refractivity contribution in [1.29, 1.82) is 0 Å². The number of hydrogen-bond donors (Lipinski definition) is 1. The summed E-state index contributed by atoms with van der Waals surface area (Å²) in [6.07, 6.45) is 5.12. The summed E-state index contributed by atoms with van der Waals surface area (Å²) < 4.78 is 0. The lowest BCUT2D eigenvalue weighted by molar-refractivity contribution is 0.567. The molecule has 1 aliphatic rings. The van der Waals surface area contributed by atoms with Crippen LogP contribution in [0, 0.1) is 0 Å². The highest BCUT2D eigenvalue weighted by molar-refractivity contribution is 5.25. The van der Waals surface area contributed by atoms with Gasteiger partial charge in [-0.2, -0.15) is 0 Å². The van der Waals surface area contributed by atoms with Crippen molar-refractivity contribution in [2.45, 2.75) is 51.5 Å². The van der Waals surface area contributed by atoms with E-state index >= 15 is 0 Å². The zero-order chi connectivity index (χ0) is 11.4. The Bertz CT molecular complexity index is 311. The molecular formula is C15H23N. The van der Waals surface area contributed by atoms with Gasteiger partial charge in [-0.3, -0.25) is 0 Å². The van der Waals surface area contributed by atoms with Gasteiger partial charge in [0.1, 0.15) is 0 Å². The maximum Gasteiger partial charge on any atom is 0.00684 e. The van der Waals surface area contributed by atoms with Gasteiger partial charge in [0.05, 0.1) is 0 Å². The lowest BCUT2D eigenvalue weighted by atomic mass is 9.95. The van der Waals surface area contributed by atoms with E-state index in [9.17, 15) is 0 Å². The van der Waals surface area contributed by atoms with E-state index in [1.54, 1.807) is 0 Å². The SMILES string of the molecule is CCc1ccc(C(CC)CNC2CC2)cc1. The van der Waals surface area contributed by atoms with Crippen LogP contribution in [0.2, 0.25) is 0 Å². The summed E-state index contributed by atoms with van der Waals surface area (Å²) in [5.74, 6) is 0.687. The second-order valence-corrected chi connectivity index (χ2v) is 4.88. The molecule has 2 rings (SSSR count). The monoisotopic (exact) mass is 217 g/mol. The minimum atomic E-state index is 0.687. The summed E-state index contributed by atoms with van der Waals surface area (Å²) in [5.41, 5.74) is 2.93. The van der Waals surface area contributed by atoms with Crippen LogP contribution in [0.15, 0.2) is 24.3 Å². The Balaban J connectivity index is 1.94. The molecule has 88 valence electrons. The highest BCUT2D eigenvalue weighted by Gasteiger charge is 2.21. The first-order valence-corrected chi connectivity index (χ1v) is 6.65. The van der Waals surface area contributed by atoms with Crippen LogP contribution >= 0.6 is 0 Å². The van der Waals surface area contributed by atoms with Crippen LogP contribution in [0.1, 0.15) is 50.2 Å². The van der Waals surface area contributed by atoms with E-state index in [-0.39, 0.29) is 0 Å². The molecule has 1 aromatic carbocycles. The summed E-state index contributed by atoms with van der Waals surface area (Å²) in [7, 11) is 0. The summed E-state index contributed by atoms with van der Waals surface area (Å²) in [4.78, 5) is 0. The second kappa shape index (κ2) is 5.49. The first-order chi connectivity index (χ1) is 7.83. The fourth-order valence-corrected chi connectivity index (χ4v) is 2.12. The number of benzene rings is 1. The lowest BCUT2D eigenvalue weighted by Crippen LogP contribution is -2.23. The summed E-state index contributed by atoms with van der Waals surface area (Å²) in [6, 6.07) is 9.98. The molecule has 0 amide bonds. The quantitative estimate of drug-likeness (QED) is 0.769. The minimum Gasteiger partial charge on any atom is -0.313 e. The van der Waals surface area contributed by atoms with Gasteiger partial charge in [-0.15, -0.1) is 0 Å². The molecule has 1 fully saturated rings. The van der Waals surface area contributed by atoms with Crippen molar-refractivity contribution in [2.75, 3.05) is 6.54 Å². The van der Waals surface area contributed by atoms with Crippen LogP contribution in [-0.4, -0.2) is 12.6 Å². The lowest BCUT2D eigenvalue weighted by Gasteiger charge is -2.16. The Morgan fingerprint density at radius 3 is 2.38 bits per heavy atom. The molecule has 1 atom stereocenters. The molecule has 1 unspecified atom stereocenters. The van der Waals surface area contributed by atoms with Gasteiger partial charge in [0, 0.05) is 12.6 Å². The number of hydrogen-bond acceptors (Lipinski definition) is 1. The maximum atomic E-state index is 3.63. The predicted octanol–water partition coefficient (Wildman–Crippen LogP) is 3.49. The largest absolute Gasteiger partial charge is 0.313 e. The summed E-state index contributed by atoms with van der Waals surface area (Å²) >= 11 is 0. The molecule has 0 bridgehead atoms. The fraction of sp³-hybridized carbons (Fsp3) is 0.600. The van der Waals surface area contributed by atoms with Crippen LogP contribution in [-0.2, 0) is 6.42 Å². The Morgan fingerprint density at radius 2 is 1.88 bits per heavy atom. The van der Waals surface area contributed by atoms with Crippen molar-refractivity contribution in [3.8, 4) is 0 Å². The first-order valence-electron chi connectivity index (χ1n) is 6.65. The van der Waals surface area contributed by atoms with Gasteiger partial charge in [-0.1, -0.05) is 38.1 Å². The molecule has 0 saturated heterocycles. The Morgan fingerprint density at radius 1 is 1.19 bits per heavy atom. The van der Waals surface area contributed by atoms with Gasteiger partial charge in [-0.05, 0) is 42.7 Å². The normalized spacial score (nSPS) is 17.4. The molecule has 1 heteroatoms. The zero-order valence-electron chi connectivity index (χ0n) is 10.5. The van der Waals surface area contributed by atoms with Crippen molar-refractivity contribution in [1.82, 2.24) is 5.32 Å². The maximum absolute atomic E-state index is 3.63. The molecule has 0 radical (unpaired) electrons. The van der Waals surface area contributed by atoms with E-state index in [2.05, 4.69) is 43.4 Å². The molecule has 0 aromatic heterocycles. The average molecular weight is 217 g/mol. The molecule has 1 N–H and O–H groups in total. The van der Waals surface area contributed by atoms with Gasteiger partial charge < -0.3 is 5.32 Å². The van der Waals surface area contributed by atoms with Gasteiger partial charge >= 0.3 is 0 Å². The first kappa shape index (κ1) is 11.7. The molecule has 0 aliphatic heterocycles. The van der Waals surface area contributed by atoms with Gasteiger partial charge in [0.2, 0.25) is 0 Å². The van der Waals surface area contributed by atoms with Gasteiger partial charge in [0.15, 0.2) is 0 Å². The van der Waals surface area contributed by atoms with Gasteiger partial charge in [-0.25, -0.2) is 0 Å². The highest BCUT2D eigenvalue weighted by Crippen LogP contribution is 2.23. The second-order valence-electron chi connectivity index (χ2n) is 4.88. The van der Waals surface area contributed by atoms with Crippen LogP contribution < -0.4 is 5.32 Å². The molecule has 1 saturated carbocycles. The van der Waals surface area contributed by atoms with Crippen LogP contribution in [0.4, 0.5) is 0 Å². The Labute approximate surface area is 99.3 Å². The third-order valence-corrected chi connectivity index (χ3v) is 3.58. The predicted molar refractivity (Wildman–Crippen MR) is 69.9 cm³/mol. The van der Waals surface area contributed by atoms with E-state index in [0.717, 1.165) is 19.0 Å².